The molecule has 4 nitrogen and oxygen atoms in total. The number of hydrogen-bond donors (Lipinski definition) is 1. The molecule has 2 aliphatic rings. The number of likely N-dealkylation sites (tertiary alicyclic amines) is 1. The standard InChI is InChI=1S/C14H18N2O2/c1-18-12-4-2-10(3-5-12)14(17)16-7-6-11-8-15-9-13(11)16/h2-5,11,13,15H,6-9H2,1H3/t11-,13+/m1/s1. The van der Waals surface area contributed by atoms with E-state index in [4.69, 9.17) is 4.74 Å². The first-order valence-electron chi connectivity index (χ1n) is 6.45. The summed E-state index contributed by atoms with van der Waals surface area (Å²) in [6.45, 7) is 2.88. The predicted molar refractivity (Wildman–Crippen MR) is 68.8 cm³/mol. The molecular formula is C14H18N2O2. The molecule has 0 aromatic heterocycles. The Kier molecular flexibility index (Phi) is 2.96. The van der Waals surface area contributed by atoms with Crippen LogP contribution in [0.4, 0.5) is 0 Å². The second-order valence-electron chi connectivity index (χ2n) is 5.00. The van der Waals surface area contributed by atoms with Gasteiger partial charge in [-0.15, -0.1) is 0 Å². The molecule has 2 heterocycles. The fraction of sp³-hybridized carbons (Fsp3) is 0.500. The highest BCUT2D eigenvalue weighted by molar-refractivity contribution is 5.94. The quantitative estimate of drug-likeness (QED) is 0.850. The van der Waals surface area contributed by atoms with Gasteiger partial charge < -0.3 is 15.0 Å². The van der Waals surface area contributed by atoms with Crippen molar-refractivity contribution in [1.29, 1.82) is 0 Å². The summed E-state index contributed by atoms with van der Waals surface area (Å²) in [5.41, 5.74) is 0.753. The van der Waals surface area contributed by atoms with E-state index in [0.29, 0.717) is 12.0 Å². The summed E-state index contributed by atoms with van der Waals surface area (Å²) in [5, 5.41) is 3.36. The zero-order chi connectivity index (χ0) is 12.5. The molecule has 0 radical (unpaired) electrons. The first-order chi connectivity index (χ1) is 8.79. The monoisotopic (exact) mass is 246 g/mol. The molecule has 96 valence electrons. The van der Waals surface area contributed by atoms with Crippen molar-refractivity contribution < 1.29 is 9.53 Å². The lowest BCUT2D eigenvalue weighted by Gasteiger charge is -2.23. The minimum atomic E-state index is 0.147. The number of nitrogens with one attached hydrogen (secondary N) is 1. The van der Waals surface area contributed by atoms with Crippen LogP contribution in [0.2, 0.25) is 0 Å². The average molecular weight is 246 g/mol. The zero-order valence-corrected chi connectivity index (χ0v) is 10.6. The number of fused-ring (bicyclic) bond motifs is 1. The maximum absolute atomic E-state index is 12.4. The molecule has 2 aliphatic heterocycles. The van der Waals surface area contributed by atoms with Gasteiger partial charge >= 0.3 is 0 Å². The first-order valence-corrected chi connectivity index (χ1v) is 6.45. The van der Waals surface area contributed by atoms with E-state index in [9.17, 15) is 4.79 Å². The minimum absolute atomic E-state index is 0.147. The number of hydrogen-bond acceptors (Lipinski definition) is 3. The molecular weight excluding hydrogens is 228 g/mol. The number of benzene rings is 1. The van der Waals surface area contributed by atoms with Gasteiger partial charge in [-0.3, -0.25) is 4.79 Å². The molecule has 2 fully saturated rings. The van der Waals surface area contributed by atoms with Gasteiger partial charge in [0.2, 0.25) is 0 Å². The molecule has 1 N–H and O–H groups in total. The van der Waals surface area contributed by atoms with Gasteiger partial charge in [0.15, 0.2) is 0 Å². The lowest BCUT2D eigenvalue weighted by atomic mass is 10.0. The van der Waals surface area contributed by atoms with Crippen molar-refractivity contribution in [3.8, 4) is 5.75 Å². The summed E-state index contributed by atoms with van der Waals surface area (Å²) < 4.78 is 5.11. The minimum Gasteiger partial charge on any atom is -0.497 e. The topological polar surface area (TPSA) is 41.6 Å². The molecule has 0 aliphatic carbocycles. The fourth-order valence-electron chi connectivity index (χ4n) is 3.00. The van der Waals surface area contributed by atoms with Gasteiger partial charge in [0.1, 0.15) is 5.75 Å². The van der Waals surface area contributed by atoms with Gasteiger partial charge in [0, 0.05) is 31.2 Å². The van der Waals surface area contributed by atoms with E-state index in [2.05, 4.69) is 5.32 Å². The SMILES string of the molecule is COc1ccc(C(=O)N2CC[C@@H]3CNC[C@@H]32)cc1. The van der Waals surface area contributed by atoms with Gasteiger partial charge in [-0.25, -0.2) is 0 Å². The molecule has 1 amide bonds. The second-order valence-corrected chi connectivity index (χ2v) is 5.00. The number of carbonyl (C=O) groups is 1. The van der Waals surface area contributed by atoms with Crippen molar-refractivity contribution in [2.45, 2.75) is 12.5 Å². The number of ether oxygens (including phenoxy) is 1. The largest absolute Gasteiger partial charge is 0.497 e. The van der Waals surface area contributed by atoms with Gasteiger partial charge in [0.25, 0.3) is 5.91 Å². The van der Waals surface area contributed by atoms with E-state index < -0.39 is 0 Å². The lowest BCUT2D eigenvalue weighted by molar-refractivity contribution is 0.0737. The first kappa shape index (κ1) is 11.5. The van der Waals surface area contributed by atoms with Crippen LogP contribution in [0.1, 0.15) is 16.8 Å². The molecule has 18 heavy (non-hydrogen) atoms. The number of nitrogens with zero attached hydrogens (tertiary/aromatic N) is 1. The molecule has 0 spiro atoms. The Bertz CT molecular complexity index is 444. The molecule has 0 bridgehead atoms. The van der Waals surface area contributed by atoms with Gasteiger partial charge in [-0.05, 0) is 36.6 Å². The summed E-state index contributed by atoms with van der Waals surface area (Å²) >= 11 is 0. The molecule has 4 heteroatoms. The smallest absolute Gasteiger partial charge is 0.254 e. The van der Waals surface area contributed by atoms with E-state index in [1.807, 2.05) is 29.2 Å². The van der Waals surface area contributed by atoms with Crippen LogP contribution in [0, 0.1) is 5.92 Å². The third-order valence-corrected chi connectivity index (χ3v) is 4.04. The summed E-state index contributed by atoms with van der Waals surface area (Å²) in [4.78, 5) is 14.5. The van der Waals surface area contributed by atoms with Crippen LogP contribution in [-0.2, 0) is 0 Å². The van der Waals surface area contributed by atoms with Crippen LogP contribution < -0.4 is 10.1 Å². The highest BCUT2D eigenvalue weighted by Gasteiger charge is 2.39. The summed E-state index contributed by atoms with van der Waals surface area (Å²) in [5.74, 6) is 1.58. The van der Waals surface area contributed by atoms with E-state index >= 15 is 0 Å². The molecule has 1 aromatic rings. The van der Waals surface area contributed by atoms with Crippen LogP contribution in [0.3, 0.4) is 0 Å². The van der Waals surface area contributed by atoms with E-state index in [1.165, 1.54) is 0 Å². The van der Waals surface area contributed by atoms with Crippen LogP contribution >= 0.6 is 0 Å². The third kappa shape index (κ3) is 1.86. The third-order valence-electron chi connectivity index (χ3n) is 4.04. The summed E-state index contributed by atoms with van der Waals surface area (Å²) in [7, 11) is 1.63. The van der Waals surface area contributed by atoms with Crippen LogP contribution in [0.15, 0.2) is 24.3 Å². The van der Waals surface area contributed by atoms with Crippen molar-refractivity contribution in [3.63, 3.8) is 0 Å². The highest BCUT2D eigenvalue weighted by atomic mass is 16.5. The Hall–Kier alpha value is -1.55. The van der Waals surface area contributed by atoms with Crippen LogP contribution in [0.5, 0.6) is 5.75 Å². The van der Waals surface area contributed by atoms with E-state index in [-0.39, 0.29) is 5.91 Å². The van der Waals surface area contributed by atoms with Gasteiger partial charge in [-0.1, -0.05) is 0 Å². The number of methoxy groups -OCH3 is 1. The normalized spacial score (nSPS) is 26.2. The summed E-state index contributed by atoms with van der Waals surface area (Å²) in [6.07, 6.45) is 1.12. The van der Waals surface area contributed by atoms with E-state index in [0.717, 1.165) is 37.4 Å². The Balaban J connectivity index is 1.77. The summed E-state index contributed by atoms with van der Waals surface area (Å²) in [6, 6.07) is 7.76. The molecule has 2 atom stereocenters. The Labute approximate surface area is 107 Å². The second kappa shape index (κ2) is 4.61. The van der Waals surface area contributed by atoms with Crippen molar-refractivity contribution in [2.24, 2.45) is 5.92 Å². The van der Waals surface area contributed by atoms with Gasteiger partial charge in [-0.2, -0.15) is 0 Å². The van der Waals surface area contributed by atoms with Crippen LogP contribution in [0.25, 0.3) is 0 Å². The van der Waals surface area contributed by atoms with E-state index in [1.54, 1.807) is 7.11 Å². The Morgan fingerprint density at radius 2 is 2.11 bits per heavy atom. The zero-order valence-electron chi connectivity index (χ0n) is 10.6. The molecule has 3 rings (SSSR count). The Morgan fingerprint density at radius 3 is 2.83 bits per heavy atom. The number of rotatable bonds is 2. The molecule has 0 saturated carbocycles. The Morgan fingerprint density at radius 1 is 1.33 bits per heavy atom. The van der Waals surface area contributed by atoms with Crippen molar-refractivity contribution >= 4 is 5.91 Å². The maximum Gasteiger partial charge on any atom is 0.254 e. The molecule has 1 aromatic carbocycles. The average Bonchev–Trinajstić information content (AvgIpc) is 3.00. The van der Waals surface area contributed by atoms with Crippen molar-refractivity contribution in [3.05, 3.63) is 29.8 Å². The van der Waals surface area contributed by atoms with Crippen molar-refractivity contribution in [1.82, 2.24) is 10.2 Å². The lowest BCUT2D eigenvalue weighted by Crippen LogP contribution is -2.39. The van der Waals surface area contributed by atoms with Gasteiger partial charge in [0.05, 0.1) is 7.11 Å². The van der Waals surface area contributed by atoms with Crippen LogP contribution in [-0.4, -0.2) is 43.6 Å². The predicted octanol–water partition coefficient (Wildman–Crippen LogP) is 1.13. The van der Waals surface area contributed by atoms with Crippen molar-refractivity contribution in [2.75, 3.05) is 26.7 Å². The maximum atomic E-state index is 12.4. The molecule has 2 saturated heterocycles. The molecule has 0 unspecified atom stereocenters. The number of amides is 1. The highest BCUT2D eigenvalue weighted by Crippen LogP contribution is 2.28. The fourth-order valence-corrected chi connectivity index (χ4v) is 3.00. The number of carbonyl (C=O) groups excluding carboxylic acids is 1.